The van der Waals surface area contributed by atoms with Crippen molar-refractivity contribution < 1.29 is 23.4 Å². The summed E-state index contributed by atoms with van der Waals surface area (Å²) in [7, 11) is 0.507. The number of methoxy groups -OCH3 is 2. The second-order valence-corrected chi connectivity index (χ2v) is 12.7. The maximum absolute atomic E-state index is 13.3. The highest BCUT2D eigenvalue weighted by Gasteiger charge is 2.25. The van der Waals surface area contributed by atoms with Gasteiger partial charge in [-0.1, -0.05) is 12.1 Å². The van der Waals surface area contributed by atoms with Crippen molar-refractivity contribution >= 4 is 44.2 Å². The minimum absolute atomic E-state index is 0.349. The maximum atomic E-state index is 13.3. The number of aromatic nitrogens is 3. The van der Waals surface area contributed by atoms with Gasteiger partial charge in [-0.3, -0.25) is 14.1 Å². The number of fused-ring (bicyclic) bond motifs is 3. The number of anilines is 1. The summed E-state index contributed by atoms with van der Waals surface area (Å²) in [5.74, 6) is 1.02. The highest BCUT2D eigenvalue weighted by Crippen LogP contribution is 2.42. The number of pyridine rings is 2. The van der Waals surface area contributed by atoms with Crippen LogP contribution in [-0.4, -0.2) is 68.4 Å². The van der Waals surface area contributed by atoms with E-state index in [1.165, 1.54) is 7.11 Å². The van der Waals surface area contributed by atoms with E-state index in [2.05, 4.69) is 20.5 Å². The Bertz CT molecular complexity index is 1740. The van der Waals surface area contributed by atoms with E-state index in [0.29, 0.717) is 53.4 Å². The van der Waals surface area contributed by atoms with Crippen LogP contribution in [-0.2, 0) is 11.3 Å². The van der Waals surface area contributed by atoms with E-state index in [1.54, 1.807) is 19.4 Å². The van der Waals surface area contributed by atoms with Gasteiger partial charge in [0.15, 0.2) is 0 Å². The Hall–Kier alpha value is -4.12. The molecule has 1 saturated heterocycles. The van der Waals surface area contributed by atoms with Crippen molar-refractivity contribution in [2.75, 3.05) is 43.7 Å². The SMILES string of the molecule is COC(=O)c1cc(-c2ccc(C)nc2)nc2c3ccc(N4CCS(O)(O)CC4)cc3n(Cc3ccc(OC)cc3)c12. The zero-order chi connectivity index (χ0) is 28.7. The molecule has 5 aromatic rings. The first-order chi connectivity index (χ1) is 19.8. The van der Waals surface area contributed by atoms with Gasteiger partial charge in [0.1, 0.15) is 5.75 Å². The molecule has 212 valence electrons. The maximum Gasteiger partial charge on any atom is 0.340 e. The minimum atomic E-state index is -2.52. The fraction of sp³-hybridized carbons (Fsp3) is 0.258. The van der Waals surface area contributed by atoms with E-state index in [1.807, 2.05) is 55.5 Å². The van der Waals surface area contributed by atoms with Gasteiger partial charge < -0.3 is 18.9 Å². The Morgan fingerprint density at radius 2 is 1.76 bits per heavy atom. The molecular weight excluding hydrogens is 540 g/mol. The third-order valence-corrected chi connectivity index (χ3v) is 9.32. The zero-order valence-corrected chi connectivity index (χ0v) is 24.0. The Morgan fingerprint density at radius 1 is 1.00 bits per heavy atom. The number of esters is 1. The summed E-state index contributed by atoms with van der Waals surface area (Å²) in [6.07, 6.45) is 1.76. The minimum Gasteiger partial charge on any atom is -0.497 e. The molecule has 1 aliphatic rings. The first kappa shape index (κ1) is 27.1. The number of carbonyl (C=O) groups excluding carboxylic acids is 1. The van der Waals surface area contributed by atoms with Crippen LogP contribution in [0, 0.1) is 6.92 Å². The van der Waals surface area contributed by atoms with Crippen molar-refractivity contribution in [3.05, 3.63) is 83.7 Å². The highest BCUT2D eigenvalue weighted by atomic mass is 32.3. The molecule has 0 saturated carbocycles. The average Bonchev–Trinajstić information content (AvgIpc) is 3.29. The van der Waals surface area contributed by atoms with E-state index in [4.69, 9.17) is 14.5 Å². The van der Waals surface area contributed by atoms with Crippen LogP contribution in [0.1, 0.15) is 21.6 Å². The van der Waals surface area contributed by atoms with Crippen molar-refractivity contribution in [3.63, 3.8) is 0 Å². The Labute approximate surface area is 239 Å². The zero-order valence-electron chi connectivity index (χ0n) is 23.2. The van der Waals surface area contributed by atoms with Gasteiger partial charge in [-0.15, -0.1) is 0 Å². The lowest BCUT2D eigenvalue weighted by Gasteiger charge is -2.41. The van der Waals surface area contributed by atoms with Gasteiger partial charge in [0.25, 0.3) is 0 Å². The van der Waals surface area contributed by atoms with Crippen molar-refractivity contribution in [2.45, 2.75) is 13.5 Å². The molecule has 0 amide bonds. The molecule has 3 aromatic heterocycles. The fourth-order valence-corrected chi connectivity index (χ4v) is 6.59. The molecule has 0 atom stereocenters. The Kier molecular flexibility index (Phi) is 7.06. The number of rotatable bonds is 6. The summed E-state index contributed by atoms with van der Waals surface area (Å²) in [5, 5.41) is 0.908. The quantitative estimate of drug-likeness (QED) is 0.239. The largest absolute Gasteiger partial charge is 0.497 e. The number of hydrogen-bond acceptors (Lipinski definition) is 8. The van der Waals surface area contributed by atoms with Crippen LogP contribution in [0.5, 0.6) is 5.75 Å². The summed E-state index contributed by atoms with van der Waals surface area (Å²) in [6, 6.07) is 19.7. The molecule has 1 aliphatic heterocycles. The van der Waals surface area contributed by atoms with Gasteiger partial charge >= 0.3 is 5.97 Å². The van der Waals surface area contributed by atoms with Gasteiger partial charge in [-0.25, -0.2) is 9.78 Å². The normalized spacial score (nSPS) is 15.7. The highest BCUT2D eigenvalue weighted by molar-refractivity contribution is 8.24. The monoisotopic (exact) mass is 572 g/mol. The van der Waals surface area contributed by atoms with Gasteiger partial charge in [-0.2, -0.15) is 10.6 Å². The topological polar surface area (TPSA) is 110 Å². The van der Waals surface area contributed by atoms with E-state index in [-0.39, 0.29) is 0 Å². The second kappa shape index (κ2) is 10.7. The fourth-order valence-electron chi connectivity index (χ4n) is 5.36. The molecule has 0 bridgehead atoms. The third-order valence-electron chi connectivity index (χ3n) is 7.64. The van der Waals surface area contributed by atoms with Crippen molar-refractivity contribution in [1.82, 2.24) is 14.5 Å². The number of nitrogens with zero attached hydrogens (tertiary/aromatic N) is 4. The molecule has 41 heavy (non-hydrogen) atoms. The first-order valence-corrected chi connectivity index (χ1v) is 15.2. The summed E-state index contributed by atoms with van der Waals surface area (Å²) < 4.78 is 33.0. The number of ether oxygens (including phenoxy) is 2. The Morgan fingerprint density at radius 3 is 2.41 bits per heavy atom. The molecule has 9 nitrogen and oxygen atoms in total. The van der Waals surface area contributed by atoms with Crippen molar-refractivity contribution in [2.24, 2.45) is 0 Å². The lowest BCUT2D eigenvalue weighted by molar-refractivity contribution is 0.0602. The molecule has 0 radical (unpaired) electrons. The predicted octanol–water partition coefficient (Wildman–Crippen LogP) is 5.97. The summed E-state index contributed by atoms with van der Waals surface area (Å²) in [5.41, 5.74) is 7.09. The standard InChI is InChI=1S/C31H32N4O5S/c1-20-4-7-22(18-32-20)27-17-26(31(36)40-3)30-29(33-27)25-11-8-23(34-12-14-41(37,38)15-13-34)16-28(25)35(30)19-21-5-9-24(39-2)10-6-21/h4-11,16-18,37-38H,12-15,19H2,1-3H3. The second-order valence-electron chi connectivity index (χ2n) is 10.3. The van der Waals surface area contributed by atoms with Gasteiger partial charge in [-0.05, 0) is 61.0 Å². The van der Waals surface area contributed by atoms with Crippen LogP contribution in [0.3, 0.4) is 0 Å². The van der Waals surface area contributed by atoms with Crippen LogP contribution in [0.25, 0.3) is 33.2 Å². The van der Waals surface area contributed by atoms with E-state index >= 15 is 0 Å². The van der Waals surface area contributed by atoms with Crippen LogP contribution in [0.15, 0.2) is 66.9 Å². The predicted molar refractivity (Wildman–Crippen MR) is 163 cm³/mol. The van der Waals surface area contributed by atoms with Crippen LogP contribution >= 0.6 is 10.6 Å². The van der Waals surface area contributed by atoms with E-state index in [9.17, 15) is 13.9 Å². The van der Waals surface area contributed by atoms with E-state index in [0.717, 1.165) is 39.2 Å². The molecule has 0 aliphatic carbocycles. The summed E-state index contributed by atoms with van der Waals surface area (Å²) >= 11 is 0. The van der Waals surface area contributed by atoms with Crippen molar-refractivity contribution in [3.8, 4) is 17.0 Å². The molecule has 2 N–H and O–H groups in total. The third kappa shape index (κ3) is 5.21. The molecule has 6 rings (SSSR count). The lowest BCUT2D eigenvalue weighted by atomic mass is 10.1. The molecule has 2 aromatic carbocycles. The van der Waals surface area contributed by atoms with Crippen molar-refractivity contribution in [1.29, 1.82) is 0 Å². The molecule has 0 spiro atoms. The first-order valence-electron chi connectivity index (χ1n) is 13.4. The molecule has 4 heterocycles. The van der Waals surface area contributed by atoms with Gasteiger partial charge in [0.2, 0.25) is 0 Å². The average molecular weight is 573 g/mol. The van der Waals surface area contributed by atoms with Crippen LogP contribution < -0.4 is 9.64 Å². The smallest absolute Gasteiger partial charge is 0.340 e. The van der Waals surface area contributed by atoms with E-state index < -0.39 is 16.6 Å². The number of aryl methyl sites for hydroxylation is 1. The molecule has 10 heteroatoms. The number of carbonyl (C=O) groups is 1. The number of benzene rings is 2. The van der Waals surface area contributed by atoms with Crippen LogP contribution in [0.2, 0.25) is 0 Å². The summed E-state index contributed by atoms with van der Waals surface area (Å²) in [4.78, 5) is 24.9. The van der Waals surface area contributed by atoms with Gasteiger partial charge in [0, 0.05) is 48.2 Å². The Balaban J connectivity index is 1.58. The van der Waals surface area contributed by atoms with Crippen LogP contribution in [0.4, 0.5) is 5.69 Å². The summed E-state index contributed by atoms with van der Waals surface area (Å²) in [6.45, 7) is 3.53. The molecule has 0 unspecified atom stereocenters. The lowest BCUT2D eigenvalue weighted by Crippen LogP contribution is -2.38. The number of hydrogen-bond donors (Lipinski definition) is 2. The van der Waals surface area contributed by atoms with Gasteiger partial charge in [0.05, 0.1) is 53.5 Å². The molecule has 1 fully saturated rings. The molecular formula is C31H32N4O5S.